The molecule has 4 rings (SSSR count). The number of carbonyl (C=O) groups is 1. The highest BCUT2D eigenvalue weighted by atomic mass is 32.2. The summed E-state index contributed by atoms with van der Waals surface area (Å²) in [6.07, 6.45) is 3.27. The maximum absolute atomic E-state index is 13.4. The molecule has 6 nitrogen and oxygen atoms in total. The molecule has 1 unspecified atom stereocenters. The van der Waals surface area contributed by atoms with Gasteiger partial charge in [-0.25, -0.2) is 8.42 Å². The molecule has 1 aliphatic heterocycles. The average Bonchev–Trinajstić information content (AvgIpc) is 2.77. The Balaban J connectivity index is 1.77. The molecule has 1 N–H and O–H groups in total. The molecule has 0 radical (unpaired) electrons. The minimum atomic E-state index is -3.81. The van der Waals surface area contributed by atoms with Gasteiger partial charge in [0.05, 0.1) is 16.5 Å². The maximum atomic E-state index is 13.4. The number of aryl methyl sites for hydroxylation is 1. The molecule has 0 spiro atoms. The van der Waals surface area contributed by atoms with Gasteiger partial charge >= 0.3 is 0 Å². The van der Waals surface area contributed by atoms with E-state index >= 15 is 0 Å². The summed E-state index contributed by atoms with van der Waals surface area (Å²) in [6, 6.07) is 18.3. The molecule has 0 amide bonds. The van der Waals surface area contributed by atoms with Crippen LogP contribution in [0.3, 0.4) is 0 Å². The Kier molecular flexibility index (Phi) is 5.71. The van der Waals surface area contributed by atoms with Crippen molar-refractivity contribution < 1.29 is 18.3 Å². The molecule has 158 valence electrons. The number of nitrogens with zero attached hydrogens (tertiary/aromatic N) is 2. The summed E-state index contributed by atoms with van der Waals surface area (Å²) >= 11 is 0. The molecule has 2 aromatic carbocycles. The summed E-state index contributed by atoms with van der Waals surface area (Å²) < 4.78 is 28.1. The molecule has 7 heteroatoms. The number of aromatic hydroxyl groups is 1. The molecule has 2 heterocycles. The van der Waals surface area contributed by atoms with E-state index in [1.54, 1.807) is 60.8 Å². The van der Waals surface area contributed by atoms with E-state index < -0.39 is 15.9 Å². The molecule has 1 aromatic heterocycles. The SMILES string of the molecule is Cc1ccc(S(=O)(=O)N2CC(=Cc3ccccn3)C(=O)C(c3ccc(O)cc3)C2)cc1. The largest absolute Gasteiger partial charge is 0.508 e. The molecule has 1 saturated heterocycles. The number of carbonyl (C=O) groups excluding carboxylic acids is 1. The fourth-order valence-corrected chi connectivity index (χ4v) is 5.04. The van der Waals surface area contributed by atoms with Gasteiger partial charge in [-0.1, -0.05) is 35.9 Å². The first-order chi connectivity index (χ1) is 14.8. The van der Waals surface area contributed by atoms with Gasteiger partial charge in [0.15, 0.2) is 5.78 Å². The molecular weight excluding hydrogens is 412 g/mol. The zero-order valence-electron chi connectivity index (χ0n) is 17.0. The molecule has 0 bridgehead atoms. The zero-order valence-corrected chi connectivity index (χ0v) is 17.8. The van der Waals surface area contributed by atoms with Crippen LogP contribution in [0.4, 0.5) is 0 Å². The van der Waals surface area contributed by atoms with E-state index in [2.05, 4.69) is 4.98 Å². The Morgan fingerprint density at radius 1 is 1.03 bits per heavy atom. The zero-order chi connectivity index (χ0) is 22.0. The highest BCUT2D eigenvalue weighted by Gasteiger charge is 2.38. The summed E-state index contributed by atoms with van der Waals surface area (Å²) in [4.78, 5) is 17.7. The third kappa shape index (κ3) is 4.42. The van der Waals surface area contributed by atoms with Crippen LogP contribution in [0.15, 0.2) is 83.4 Å². The fourth-order valence-electron chi connectivity index (χ4n) is 3.61. The van der Waals surface area contributed by atoms with Crippen LogP contribution >= 0.6 is 0 Å². The van der Waals surface area contributed by atoms with E-state index in [4.69, 9.17) is 0 Å². The number of piperidine rings is 1. The second kappa shape index (κ2) is 8.45. The molecule has 1 aliphatic rings. The number of hydrogen-bond acceptors (Lipinski definition) is 5. The second-order valence-electron chi connectivity index (χ2n) is 7.54. The molecule has 3 aromatic rings. The summed E-state index contributed by atoms with van der Waals surface area (Å²) in [6.45, 7) is 1.89. The van der Waals surface area contributed by atoms with Crippen LogP contribution in [0.5, 0.6) is 5.75 Å². The van der Waals surface area contributed by atoms with Gasteiger partial charge in [-0.3, -0.25) is 9.78 Å². The predicted molar refractivity (Wildman–Crippen MR) is 118 cm³/mol. The van der Waals surface area contributed by atoms with Gasteiger partial charge in [-0.15, -0.1) is 0 Å². The topological polar surface area (TPSA) is 87.6 Å². The fraction of sp³-hybridized carbons (Fsp3) is 0.167. The molecule has 1 fully saturated rings. The Morgan fingerprint density at radius 2 is 1.74 bits per heavy atom. The first kappa shape index (κ1) is 21.0. The lowest BCUT2D eigenvalue weighted by Crippen LogP contribution is -2.44. The van der Waals surface area contributed by atoms with Gasteiger partial charge in [0, 0.05) is 24.9 Å². The van der Waals surface area contributed by atoms with Crippen LogP contribution in [0.1, 0.15) is 22.7 Å². The van der Waals surface area contributed by atoms with E-state index in [1.807, 2.05) is 13.0 Å². The van der Waals surface area contributed by atoms with E-state index in [0.29, 0.717) is 16.8 Å². The number of ketones is 1. The number of pyridine rings is 1. The highest BCUT2D eigenvalue weighted by Crippen LogP contribution is 2.32. The Morgan fingerprint density at radius 3 is 2.39 bits per heavy atom. The van der Waals surface area contributed by atoms with Crippen molar-refractivity contribution in [2.75, 3.05) is 13.1 Å². The number of phenols is 1. The van der Waals surface area contributed by atoms with Crippen molar-refractivity contribution in [2.45, 2.75) is 17.7 Å². The van der Waals surface area contributed by atoms with Crippen molar-refractivity contribution in [1.29, 1.82) is 0 Å². The maximum Gasteiger partial charge on any atom is 0.243 e. The number of hydrogen-bond donors (Lipinski definition) is 1. The van der Waals surface area contributed by atoms with E-state index in [-0.39, 0.29) is 29.5 Å². The number of rotatable bonds is 4. The van der Waals surface area contributed by atoms with Crippen molar-refractivity contribution in [3.8, 4) is 5.75 Å². The minimum absolute atomic E-state index is 0.0272. The number of sulfonamides is 1. The van der Waals surface area contributed by atoms with Crippen LogP contribution < -0.4 is 0 Å². The quantitative estimate of drug-likeness (QED) is 0.635. The smallest absolute Gasteiger partial charge is 0.243 e. The van der Waals surface area contributed by atoms with Crippen molar-refractivity contribution >= 4 is 21.9 Å². The second-order valence-corrected chi connectivity index (χ2v) is 9.48. The third-order valence-electron chi connectivity index (χ3n) is 5.33. The Hall–Kier alpha value is -3.29. The van der Waals surface area contributed by atoms with Gasteiger partial charge < -0.3 is 5.11 Å². The predicted octanol–water partition coefficient (Wildman–Crippen LogP) is 3.54. The number of Topliss-reactive ketones (excluding diaryl/α,β-unsaturated/α-hetero) is 1. The molecule has 0 aliphatic carbocycles. The van der Waals surface area contributed by atoms with E-state index in [0.717, 1.165) is 5.56 Å². The molecule has 31 heavy (non-hydrogen) atoms. The number of benzene rings is 2. The summed E-state index contributed by atoms with van der Waals surface area (Å²) in [7, 11) is -3.81. The van der Waals surface area contributed by atoms with E-state index in [9.17, 15) is 18.3 Å². The van der Waals surface area contributed by atoms with Gasteiger partial charge in [0.2, 0.25) is 10.0 Å². The van der Waals surface area contributed by atoms with Gasteiger partial charge in [-0.2, -0.15) is 4.31 Å². The standard InChI is InChI=1S/C24H22N2O4S/c1-17-5-11-22(12-6-17)31(29,30)26-15-19(14-20-4-2-3-13-25-20)24(28)23(16-26)18-7-9-21(27)10-8-18/h2-14,23,27H,15-16H2,1H3. The van der Waals surface area contributed by atoms with Crippen LogP contribution in [-0.4, -0.2) is 41.7 Å². The molecule has 1 atom stereocenters. The monoisotopic (exact) mass is 434 g/mol. The van der Waals surface area contributed by atoms with Crippen LogP contribution in [0.2, 0.25) is 0 Å². The van der Waals surface area contributed by atoms with Crippen LogP contribution in [-0.2, 0) is 14.8 Å². The van der Waals surface area contributed by atoms with Crippen molar-refractivity contribution in [3.63, 3.8) is 0 Å². The van der Waals surface area contributed by atoms with Crippen LogP contribution in [0.25, 0.3) is 6.08 Å². The van der Waals surface area contributed by atoms with Gasteiger partial charge in [0.1, 0.15) is 5.75 Å². The van der Waals surface area contributed by atoms with Gasteiger partial charge in [-0.05, 0) is 55.0 Å². The lowest BCUT2D eigenvalue weighted by Gasteiger charge is -2.33. The lowest BCUT2D eigenvalue weighted by molar-refractivity contribution is -0.118. The Labute approximate surface area is 181 Å². The lowest BCUT2D eigenvalue weighted by atomic mass is 9.87. The summed E-state index contributed by atoms with van der Waals surface area (Å²) in [5, 5.41) is 9.61. The van der Waals surface area contributed by atoms with E-state index in [1.165, 1.54) is 16.4 Å². The number of phenolic OH excluding ortho intramolecular Hbond substituents is 1. The van der Waals surface area contributed by atoms with Crippen molar-refractivity contribution in [3.05, 3.63) is 95.3 Å². The summed E-state index contributed by atoms with van der Waals surface area (Å²) in [5.41, 5.74) is 2.58. The molecule has 0 saturated carbocycles. The van der Waals surface area contributed by atoms with Crippen LogP contribution in [0, 0.1) is 6.92 Å². The molecular formula is C24H22N2O4S. The van der Waals surface area contributed by atoms with Crippen molar-refractivity contribution in [1.82, 2.24) is 9.29 Å². The van der Waals surface area contributed by atoms with Gasteiger partial charge in [0.25, 0.3) is 0 Å². The summed E-state index contributed by atoms with van der Waals surface area (Å²) in [5.74, 6) is -0.739. The Bertz CT molecular complexity index is 1220. The minimum Gasteiger partial charge on any atom is -0.508 e. The number of aromatic nitrogens is 1. The first-order valence-corrected chi connectivity index (χ1v) is 11.3. The van der Waals surface area contributed by atoms with Crippen molar-refractivity contribution in [2.24, 2.45) is 0 Å². The highest BCUT2D eigenvalue weighted by molar-refractivity contribution is 7.89. The average molecular weight is 435 g/mol. The third-order valence-corrected chi connectivity index (χ3v) is 7.16. The normalized spacial score (nSPS) is 18.9. The first-order valence-electron chi connectivity index (χ1n) is 9.86.